The molecule has 1 aromatic heterocycles. The van der Waals surface area contributed by atoms with Crippen molar-refractivity contribution in [1.29, 1.82) is 0 Å². The Morgan fingerprint density at radius 3 is 2.94 bits per heavy atom. The van der Waals surface area contributed by atoms with Crippen LogP contribution in [0.2, 0.25) is 0 Å². The molecule has 2 aromatic rings. The van der Waals surface area contributed by atoms with E-state index in [-0.39, 0.29) is 0 Å². The second kappa shape index (κ2) is 3.84. The molecule has 0 unspecified atom stereocenters. The van der Waals surface area contributed by atoms with Crippen LogP contribution in [-0.2, 0) is 11.3 Å². The standard InChI is InChI=1S/C15H15NOS/c1-10-6-7-15(18-10)14-9-12-8-11-4-2-3-5-13(11)16(14)17-12/h2-7,12,14H,8-9H2,1H3/t12-,14+/m1/s1. The van der Waals surface area contributed by atoms with Gasteiger partial charge in [0.25, 0.3) is 0 Å². The van der Waals surface area contributed by atoms with Gasteiger partial charge in [-0.2, -0.15) is 0 Å². The molecule has 1 fully saturated rings. The molecule has 2 aliphatic heterocycles. The van der Waals surface area contributed by atoms with Crippen LogP contribution >= 0.6 is 11.3 Å². The van der Waals surface area contributed by atoms with E-state index in [0.717, 1.165) is 12.8 Å². The molecular formula is C15H15NOS. The smallest absolute Gasteiger partial charge is 0.0933 e. The van der Waals surface area contributed by atoms with Crippen LogP contribution in [0, 0.1) is 6.92 Å². The van der Waals surface area contributed by atoms with Gasteiger partial charge in [0.15, 0.2) is 0 Å². The lowest BCUT2D eigenvalue weighted by atomic mass is 10.0. The van der Waals surface area contributed by atoms with Gasteiger partial charge in [-0.3, -0.25) is 4.84 Å². The number of nitrogens with zero attached hydrogens (tertiary/aromatic N) is 1. The largest absolute Gasteiger partial charge is 0.269 e. The molecule has 92 valence electrons. The van der Waals surface area contributed by atoms with Crippen molar-refractivity contribution in [3.05, 3.63) is 51.7 Å². The van der Waals surface area contributed by atoms with Crippen molar-refractivity contribution in [2.45, 2.75) is 31.9 Å². The van der Waals surface area contributed by atoms with Gasteiger partial charge in [-0.25, -0.2) is 5.06 Å². The lowest BCUT2D eigenvalue weighted by molar-refractivity contribution is 0.0736. The fourth-order valence-electron chi connectivity index (χ4n) is 2.98. The number of benzene rings is 1. The van der Waals surface area contributed by atoms with E-state index in [4.69, 9.17) is 4.84 Å². The van der Waals surface area contributed by atoms with Gasteiger partial charge in [-0.15, -0.1) is 11.3 Å². The summed E-state index contributed by atoms with van der Waals surface area (Å²) in [5.74, 6) is 0. The SMILES string of the molecule is Cc1ccc([C@@H]2C[C@H]3Cc4ccccc4N2O3)s1. The van der Waals surface area contributed by atoms with E-state index in [9.17, 15) is 0 Å². The van der Waals surface area contributed by atoms with E-state index < -0.39 is 0 Å². The molecule has 1 aromatic carbocycles. The van der Waals surface area contributed by atoms with Crippen molar-refractivity contribution in [2.75, 3.05) is 5.06 Å². The van der Waals surface area contributed by atoms with Gasteiger partial charge in [0.1, 0.15) is 0 Å². The van der Waals surface area contributed by atoms with E-state index in [1.54, 1.807) is 0 Å². The summed E-state index contributed by atoms with van der Waals surface area (Å²) in [6.07, 6.45) is 2.51. The molecule has 3 heterocycles. The molecule has 18 heavy (non-hydrogen) atoms. The predicted octanol–water partition coefficient (Wildman–Crippen LogP) is 3.86. The van der Waals surface area contributed by atoms with Gasteiger partial charge in [-0.05, 0) is 30.7 Å². The first-order chi connectivity index (χ1) is 8.81. The molecule has 3 heteroatoms. The predicted molar refractivity (Wildman–Crippen MR) is 73.9 cm³/mol. The number of rotatable bonds is 1. The van der Waals surface area contributed by atoms with Gasteiger partial charge in [0, 0.05) is 22.6 Å². The summed E-state index contributed by atoms with van der Waals surface area (Å²) >= 11 is 1.89. The average Bonchev–Trinajstić information content (AvgIpc) is 2.94. The number of para-hydroxylation sites is 1. The minimum atomic E-state index is 0.354. The maximum absolute atomic E-state index is 6.04. The second-order valence-electron chi connectivity index (χ2n) is 5.09. The molecule has 2 nitrogen and oxygen atoms in total. The van der Waals surface area contributed by atoms with E-state index >= 15 is 0 Å². The first-order valence-corrected chi connectivity index (χ1v) is 7.23. The van der Waals surface area contributed by atoms with Crippen LogP contribution in [-0.4, -0.2) is 6.10 Å². The van der Waals surface area contributed by atoms with Crippen LogP contribution in [0.3, 0.4) is 0 Å². The Morgan fingerprint density at radius 2 is 2.11 bits per heavy atom. The fraction of sp³-hybridized carbons (Fsp3) is 0.333. The van der Waals surface area contributed by atoms with Gasteiger partial charge in [-0.1, -0.05) is 18.2 Å². The van der Waals surface area contributed by atoms with Gasteiger partial charge < -0.3 is 0 Å². The molecule has 4 rings (SSSR count). The number of anilines is 1. The molecule has 0 saturated carbocycles. The Labute approximate surface area is 111 Å². The molecule has 0 radical (unpaired) electrons. The molecule has 1 saturated heterocycles. The Balaban J connectivity index is 1.77. The topological polar surface area (TPSA) is 12.5 Å². The van der Waals surface area contributed by atoms with Crippen molar-refractivity contribution in [3.8, 4) is 0 Å². The number of hydroxylamine groups is 1. The number of thiophene rings is 1. The molecule has 2 aliphatic rings. The minimum Gasteiger partial charge on any atom is -0.269 e. The summed E-state index contributed by atoms with van der Waals surface area (Å²) in [5, 5.41) is 2.13. The minimum absolute atomic E-state index is 0.354. The van der Waals surface area contributed by atoms with Crippen molar-refractivity contribution >= 4 is 17.0 Å². The highest BCUT2D eigenvalue weighted by Gasteiger charge is 2.40. The highest BCUT2D eigenvalue weighted by Crippen LogP contribution is 2.45. The van der Waals surface area contributed by atoms with Gasteiger partial charge in [0.05, 0.1) is 17.8 Å². The van der Waals surface area contributed by atoms with Crippen molar-refractivity contribution in [1.82, 2.24) is 0 Å². The zero-order valence-electron chi connectivity index (χ0n) is 10.3. The Bertz CT molecular complexity index is 592. The Hall–Kier alpha value is -1.32. The summed E-state index contributed by atoms with van der Waals surface area (Å²) < 4.78 is 0. The molecule has 0 aliphatic carbocycles. The van der Waals surface area contributed by atoms with Crippen molar-refractivity contribution < 1.29 is 4.84 Å². The van der Waals surface area contributed by atoms with Crippen LogP contribution in [0.1, 0.15) is 27.8 Å². The summed E-state index contributed by atoms with van der Waals surface area (Å²) in [6.45, 7) is 2.17. The number of fused-ring (bicyclic) bond motifs is 4. The van der Waals surface area contributed by atoms with E-state index in [1.807, 2.05) is 11.3 Å². The molecule has 0 N–H and O–H groups in total. The summed E-state index contributed by atoms with van der Waals surface area (Å²) in [6, 6.07) is 13.5. The zero-order chi connectivity index (χ0) is 12.1. The highest BCUT2D eigenvalue weighted by molar-refractivity contribution is 7.12. The second-order valence-corrected chi connectivity index (χ2v) is 6.41. The third kappa shape index (κ3) is 1.51. The number of hydrogen-bond donors (Lipinski definition) is 0. The quantitative estimate of drug-likeness (QED) is 0.769. The molecule has 0 amide bonds. The van der Waals surface area contributed by atoms with Crippen LogP contribution in [0.4, 0.5) is 5.69 Å². The van der Waals surface area contributed by atoms with Gasteiger partial charge in [0.2, 0.25) is 0 Å². The first-order valence-electron chi connectivity index (χ1n) is 6.41. The molecule has 2 atom stereocenters. The third-order valence-corrected chi connectivity index (χ3v) is 4.90. The average molecular weight is 257 g/mol. The monoisotopic (exact) mass is 257 g/mol. The van der Waals surface area contributed by atoms with Crippen LogP contribution in [0.25, 0.3) is 0 Å². The summed E-state index contributed by atoms with van der Waals surface area (Å²) in [4.78, 5) is 8.84. The maximum atomic E-state index is 6.04. The Morgan fingerprint density at radius 1 is 1.22 bits per heavy atom. The number of hydrogen-bond acceptors (Lipinski definition) is 3. The van der Waals surface area contributed by atoms with E-state index in [1.165, 1.54) is 21.0 Å². The van der Waals surface area contributed by atoms with Crippen LogP contribution in [0.5, 0.6) is 0 Å². The lowest BCUT2D eigenvalue weighted by Crippen LogP contribution is -2.27. The summed E-state index contributed by atoms with van der Waals surface area (Å²) in [7, 11) is 0. The normalized spacial score (nSPS) is 25.3. The lowest BCUT2D eigenvalue weighted by Gasteiger charge is -2.29. The fourth-order valence-corrected chi connectivity index (χ4v) is 3.95. The zero-order valence-corrected chi connectivity index (χ0v) is 11.1. The third-order valence-electron chi connectivity index (χ3n) is 3.80. The molecular weight excluding hydrogens is 242 g/mol. The summed E-state index contributed by atoms with van der Waals surface area (Å²) in [5.41, 5.74) is 2.67. The van der Waals surface area contributed by atoms with Crippen LogP contribution < -0.4 is 5.06 Å². The van der Waals surface area contributed by atoms with Crippen molar-refractivity contribution in [2.24, 2.45) is 0 Å². The molecule has 2 bridgehead atoms. The maximum Gasteiger partial charge on any atom is 0.0933 e. The van der Waals surface area contributed by atoms with E-state index in [2.05, 4.69) is 48.4 Å². The Kier molecular flexibility index (Phi) is 2.26. The number of aryl methyl sites for hydroxylation is 1. The first kappa shape index (κ1) is 10.6. The van der Waals surface area contributed by atoms with Crippen LogP contribution in [0.15, 0.2) is 36.4 Å². The van der Waals surface area contributed by atoms with Crippen molar-refractivity contribution in [3.63, 3.8) is 0 Å². The molecule has 0 spiro atoms. The van der Waals surface area contributed by atoms with Gasteiger partial charge >= 0.3 is 0 Å². The highest BCUT2D eigenvalue weighted by atomic mass is 32.1. The van der Waals surface area contributed by atoms with E-state index in [0.29, 0.717) is 12.1 Å².